The normalized spacial score (nSPS) is 33.0. The van der Waals surface area contributed by atoms with Gasteiger partial charge in [-0.3, -0.25) is 0 Å². The van der Waals surface area contributed by atoms with Crippen LogP contribution in [0, 0.1) is 0 Å². The van der Waals surface area contributed by atoms with Gasteiger partial charge in [0.25, 0.3) is 0 Å². The molecule has 0 aromatic rings. The summed E-state index contributed by atoms with van der Waals surface area (Å²) >= 11 is 0. The van der Waals surface area contributed by atoms with E-state index in [1.165, 1.54) is 13.2 Å². The van der Waals surface area contributed by atoms with Crippen molar-refractivity contribution in [2.45, 2.75) is 83.1 Å². The molecular weight excluding hydrogens is 328 g/mol. The van der Waals surface area contributed by atoms with E-state index in [1.807, 2.05) is 13.8 Å². The molecule has 24 heavy (non-hydrogen) atoms. The van der Waals surface area contributed by atoms with E-state index in [0.29, 0.717) is 0 Å². The second kappa shape index (κ2) is 6.53. The minimum atomic E-state index is -2.05. The first-order valence-corrected chi connectivity index (χ1v) is 11.2. The SMILES string of the molecule is COC(=O)/C=C\[C@H]1O[C@@H]2OC(C)(C)O[C@@H]2[C@@H]1O[Si](C)(C)C(C)(C)C. The van der Waals surface area contributed by atoms with Gasteiger partial charge in [0, 0.05) is 6.08 Å². The highest BCUT2D eigenvalue weighted by atomic mass is 28.4. The van der Waals surface area contributed by atoms with Gasteiger partial charge in [0.2, 0.25) is 0 Å². The van der Waals surface area contributed by atoms with Crippen molar-refractivity contribution < 1.29 is 28.2 Å². The van der Waals surface area contributed by atoms with Crippen LogP contribution in [0.2, 0.25) is 18.1 Å². The molecule has 0 N–H and O–H groups in total. The first-order chi connectivity index (χ1) is 10.9. The Kier molecular flexibility index (Phi) is 5.33. The summed E-state index contributed by atoms with van der Waals surface area (Å²) in [5, 5.41) is 0.0523. The molecule has 0 unspecified atom stereocenters. The molecule has 2 aliphatic rings. The number of ether oxygens (including phenoxy) is 4. The number of hydrogen-bond donors (Lipinski definition) is 0. The standard InChI is InChI=1S/C17H30O6Si/c1-16(2,3)24(7,8)23-13-11(9-10-12(18)19-6)20-15-14(13)21-17(4,5)22-15/h9-11,13-15H,1-8H3/b10-9-/t11-,13-,14-,15-/m1/s1. The lowest BCUT2D eigenvalue weighted by Gasteiger charge is -2.40. The van der Waals surface area contributed by atoms with E-state index in [9.17, 15) is 4.79 Å². The maximum Gasteiger partial charge on any atom is 0.330 e. The van der Waals surface area contributed by atoms with Crippen molar-refractivity contribution in [3.8, 4) is 0 Å². The Bertz CT molecular complexity index is 508. The van der Waals surface area contributed by atoms with Crippen LogP contribution >= 0.6 is 0 Å². The average molecular weight is 359 g/mol. The van der Waals surface area contributed by atoms with Gasteiger partial charge in [0.1, 0.15) is 18.3 Å². The molecule has 0 amide bonds. The third-order valence-corrected chi connectivity index (χ3v) is 9.36. The molecule has 7 heteroatoms. The summed E-state index contributed by atoms with van der Waals surface area (Å²) in [4.78, 5) is 11.4. The summed E-state index contributed by atoms with van der Waals surface area (Å²) < 4.78 is 29.0. The highest BCUT2D eigenvalue weighted by Gasteiger charge is 2.56. The van der Waals surface area contributed by atoms with Gasteiger partial charge in [-0.2, -0.15) is 0 Å². The van der Waals surface area contributed by atoms with Crippen molar-refractivity contribution >= 4 is 14.3 Å². The fourth-order valence-electron chi connectivity index (χ4n) is 2.55. The smallest absolute Gasteiger partial charge is 0.330 e. The highest BCUT2D eigenvalue weighted by Crippen LogP contribution is 2.44. The van der Waals surface area contributed by atoms with Crippen LogP contribution in [-0.2, 0) is 28.2 Å². The molecular formula is C17H30O6Si. The Morgan fingerprint density at radius 3 is 2.38 bits per heavy atom. The Labute approximate surface area is 145 Å². The lowest BCUT2D eigenvalue weighted by atomic mass is 10.1. The number of carbonyl (C=O) groups is 1. The molecule has 2 rings (SSSR count). The van der Waals surface area contributed by atoms with Crippen LogP contribution in [0.15, 0.2) is 12.2 Å². The van der Waals surface area contributed by atoms with E-state index >= 15 is 0 Å². The lowest BCUT2D eigenvalue weighted by molar-refractivity contribution is -0.208. The number of rotatable bonds is 4. The van der Waals surface area contributed by atoms with E-state index in [4.69, 9.17) is 18.6 Å². The molecule has 2 saturated heterocycles. The van der Waals surface area contributed by atoms with Crippen molar-refractivity contribution in [3.05, 3.63) is 12.2 Å². The van der Waals surface area contributed by atoms with Crippen molar-refractivity contribution in [1.82, 2.24) is 0 Å². The molecule has 2 aliphatic heterocycles. The van der Waals surface area contributed by atoms with Gasteiger partial charge in [0.05, 0.1) is 7.11 Å². The Morgan fingerprint density at radius 1 is 1.21 bits per heavy atom. The van der Waals surface area contributed by atoms with E-state index in [0.717, 1.165) is 0 Å². The molecule has 4 atom stereocenters. The molecule has 0 spiro atoms. The minimum absolute atomic E-state index is 0.0523. The van der Waals surface area contributed by atoms with Gasteiger partial charge in [0.15, 0.2) is 20.4 Å². The van der Waals surface area contributed by atoms with Crippen LogP contribution in [-0.4, -0.2) is 51.8 Å². The third-order valence-electron chi connectivity index (χ3n) is 4.89. The molecule has 6 nitrogen and oxygen atoms in total. The summed E-state index contributed by atoms with van der Waals surface area (Å²) in [7, 11) is -0.706. The Morgan fingerprint density at radius 2 is 1.83 bits per heavy atom. The summed E-state index contributed by atoms with van der Waals surface area (Å²) in [6.07, 6.45) is 1.48. The van der Waals surface area contributed by atoms with E-state index < -0.39 is 32.5 Å². The first-order valence-electron chi connectivity index (χ1n) is 8.31. The van der Waals surface area contributed by atoms with Gasteiger partial charge >= 0.3 is 5.97 Å². The predicted octanol–water partition coefficient (Wildman–Crippen LogP) is 2.98. The number of carbonyl (C=O) groups excluding carboxylic acids is 1. The lowest BCUT2D eigenvalue weighted by Crippen LogP contribution is -2.49. The van der Waals surface area contributed by atoms with Crippen LogP contribution in [0.1, 0.15) is 34.6 Å². The third kappa shape index (κ3) is 4.08. The molecule has 0 radical (unpaired) electrons. The van der Waals surface area contributed by atoms with Gasteiger partial charge in [-0.1, -0.05) is 20.8 Å². The monoisotopic (exact) mass is 358 g/mol. The molecule has 0 aromatic heterocycles. The van der Waals surface area contributed by atoms with Crippen molar-refractivity contribution in [1.29, 1.82) is 0 Å². The Hall–Kier alpha value is -0.733. The van der Waals surface area contributed by atoms with Gasteiger partial charge < -0.3 is 23.4 Å². The van der Waals surface area contributed by atoms with Gasteiger partial charge in [-0.05, 0) is 38.1 Å². The molecule has 0 bridgehead atoms. The maximum absolute atomic E-state index is 11.4. The Balaban J connectivity index is 2.22. The molecule has 0 saturated carbocycles. The number of fused-ring (bicyclic) bond motifs is 1. The minimum Gasteiger partial charge on any atom is -0.466 e. The first kappa shape index (κ1) is 19.6. The second-order valence-electron chi connectivity index (χ2n) is 8.29. The van der Waals surface area contributed by atoms with Gasteiger partial charge in [-0.25, -0.2) is 4.79 Å². The molecule has 0 aromatic carbocycles. The quantitative estimate of drug-likeness (QED) is 0.437. The number of esters is 1. The fourth-order valence-corrected chi connectivity index (χ4v) is 3.85. The topological polar surface area (TPSA) is 63.2 Å². The van der Waals surface area contributed by atoms with E-state index in [2.05, 4.69) is 38.6 Å². The predicted molar refractivity (Wildman–Crippen MR) is 91.9 cm³/mol. The van der Waals surface area contributed by atoms with Crippen LogP contribution in [0.3, 0.4) is 0 Å². The van der Waals surface area contributed by atoms with Crippen LogP contribution in [0.25, 0.3) is 0 Å². The van der Waals surface area contributed by atoms with Gasteiger partial charge in [-0.15, -0.1) is 0 Å². The van der Waals surface area contributed by atoms with E-state index in [1.54, 1.807) is 6.08 Å². The molecule has 0 aliphatic carbocycles. The molecule has 2 heterocycles. The highest BCUT2D eigenvalue weighted by molar-refractivity contribution is 6.74. The van der Waals surface area contributed by atoms with Crippen molar-refractivity contribution in [3.63, 3.8) is 0 Å². The average Bonchev–Trinajstić information content (AvgIpc) is 2.88. The zero-order chi connectivity index (χ0) is 18.3. The largest absolute Gasteiger partial charge is 0.466 e. The molecule has 138 valence electrons. The maximum atomic E-state index is 11.4. The van der Waals surface area contributed by atoms with E-state index in [-0.39, 0.29) is 17.2 Å². The number of methoxy groups -OCH3 is 1. The molecule has 2 fully saturated rings. The zero-order valence-corrected chi connectivity index (χ0v) is 16.9. The van der Waals surface area contributed by atoms with Crippen molar-refractivity contribution in [2.24, 2.45) is 0 Å². The fraction of sp³-hybridized carbons (Fsp3) is 0.824. The summed E-state index contributed by atoms with van der Waals surface area (Å²) in [6, 6.07) is 0. The summed E-state index contributed by atoms with van der Waals surface area (Å²) in [5.74, 6) is -1.13. The van der Waals surface area contributed by atoms with Crippen LogP contribution in [0.5, 0.6) is 0 Å². The summed E-state index contributed by atoms with van der Waals surface area (Å²) in [6.45, 7) is 14.6. The van der Waals surface area contributed by atoms with Crippen LogP contribution < -0.4 is 0 Å². The summed E-state index contributed by atoms with van der Waals surface area (Å²) in [5.41, 5.74) is 0. The zero-order valence-electron chi connectivity index (χ0n) is 15.9. The number of hydrogen-bond acceptors (Lipinski definition) is 6. The second-order valence-corrected chi connectivity index (χ2v) is 13.1. The van der Waals surface area contributed by atoms with Crippen LogP contribution in [0.4, 0.5) is 0 Å². The van der Waals surface area contributed by atoms with Crippen molar-refractivity contribution in [2.75, 3.05) is 7.11 Å².